The third-order valence-electron chi connectivity index (χ3n) is 2.19. The molecule has 0 fully saturated rings. The van der Waals surface area contributed by atoms with E-state index in [2.05, 4.69) is 11.2 Å². The van der Waals surface area contributed by atoms with Crippen LogP contribution in [0, 0.1) is 26.0 Å². The fourth-order valence-electron chi connectivity index (χ4n) is 1.29. The minimum atomic E-state index is -0.523. The van der Waals surface area contributed by atoms with E-state index < -0.39 is 4.92 Å². The average molecular weight is 358 g/mol. The lowest BCUT2D eigenvalue weighted by molar-refractivity contribution is -0.384. The van der Waals surface area contributed by atoms with Crippen LogP contribution in [0.3, 0.4) is 0 Å². The lowest BCUT2D eigenvalue weighted by Crippen LogP contribution is -2.25. The maximum Gasteiger partial charge on any atom is 0.270 e. The zero-order valence-corrected chi connectivity index (χ0v) is 11.6. The number of halogens is 1. The number of nitro benzene ring substituents is 1. The Kier molecular flexibility index (Phi) is 5.58. The van der Waals surface area contributed by atoms with Gasteiger partial charge in [-0.3, -0.25) is 14.9 Å². The Balaban J connectivity index is 2.76. The van der Waals surface area contributed by atoms with Gasteiger partial charge < -0.3 is 5.32 Å². The molecule has 18 heavy (non-hydrogen) atoms. The van der Waals surface area contributed by atoms with Crippen molar-refractivity contribution in [1.29, 1.82) is 0 Å². The molecule has 1 aromatic carbocycles. The smallest absolute Gasteiger partial charge is 0.270 e. The number of unbranched alkanes of at least 4 members (excludes halogenated alkanes) is 1. The van der Waals surface area contributed by atoms with E-state index in [0.29, 0.717) is 28.5 Å². The van der Waals surface area contributed by atoms with Crippen LogP contribution < -0.4 is 5.32 Å². The van der Waals surface area contributed by atoms with Crippen LogP contribution in [-0.2, 0) is 0 Å². The summed E-state index contributed by atoms with van der Waals surface area (Å²) in [5, 5.41) is 13.3. The molecule has 0 aliphatic carbocycles. The van der Waals surface area contributed by atoms with Crippen molar-refractivity contribution in [2.45, 2.75) is 12.8 Å². The Bertz CT molecular complexity index is 509. The van der Waals surface area contributed by atoms with E-state index in [1.54, 1.807) is 6.07 Å². The number of nitro groups is 1. The first kappa shape index (κ1) is 14.4. The minimum Gasteiger partial charge on any atom is -0.352 e. The molecule has 0 bridgehead atoms. The predicted molar refractivity (Wildman–Crippen MR) is 76.2 cm³/mol. The summed E-state index contributed by atoms with van der Waals surface area (Å²) in [6, 6.07) is 4.20. The van der Waals surface area contributed by atoms with Crippen LogP contribution >= 0.6 is 22.6 Å². The van der Waals surface area contributed by atoms with Gasteiger partial charge in [0.2, 0.25) is 0 Å². The van der Waals surface area contributed by atoms with Gasteiger partial charge in [0.05, 0.1) is 10.5 Å². The topological polar surface area (TPSA) is 72.2 Å². The van der Waals surface area contributed by atoms with Crippen molar-refractivity contribution in [3.8, 4) is 12.3 Å². The Morgan fingerprint density at radius 1 is 1.56 bits per heavy atom. The van der Waals surface area contributed by atoms with Gasteiger partial charge in [-0.1, -0.05) is 0 Å². The zero-order chi connectivity index (χ0) is 13.5. The summed E-state index contributed by atoms with van der Waals surface area (Å²) in [7, 11) is 0. The summed E-state index contributed by atoms with van der Waals surface area (Å²) in [4.78, 5) is 21.9. The normalized spacial score (nSPS) is 9.56. The highest BCUT2D eigenvalue weighted by Crippen LogP contribution is 2.19. The molecule has 0 atom stereocenters. The van der Waals surface area contributed by atoms with Gasteiger partial charge in [0.1, 0.15) is 0 Å². The number of hydrogen-bond donors (Lipinski definition) is 1. The highest BCUT2D eigenvalue weighted by atomic mass is 127. The molecule has 1 rings (SSSR count). The fraction of sp³-hybridized carbons (Fsp3) is 0.250. The van der Waals surface area contributed by atoms with E-state index in [1.807, 2.05) is 22.6 Å². The molecule has 0 aliphatic heterocycles. The molecule has 0 aliphatic rings. The number of hydrogen-bond acceptors (Lipinski definition) is 3. The molecule has 0 aromatic heterocycles. The average Bonchev–Trinajstić information content (AvgIpc) is 2.34. The molecule has 0 saturated carbocycles. The van der Waals surface area contributed by atoms with Crippen molar-refractivity contribution in [2.75, 3.05) is 6.54 Å². The van der Waals surface area contributed by atoms with E-state index in [0.717, 1.165) is 0 Å². The van der Waals surface area contributed by atoms with Crippen LogP contribution in [0.2, 0.25) is 0 Å². The second kappa shape index (κ2) is 6.96. The molecule has 1 amide bonds. The van der Waals surface area contributed by atoms with Crippen molar-refractivity contribution in [3.05, 3.63) is 37.4 Å². The van der Waals surface area contributed by atoms with Gasteiger partial charge in [-0.25, -0.2) is 0 Å². The first-order valence-electron chi connectivity index (χ1n) is 5.22. The van der Waals surface area contributed by atoms with E-state index in [-0.39, 0.29) is 11.6 Å². The quantitative estimate of drug-likeness (QED) is 0.289. The molecule has 1 aromatic rings. The van der Waals surface area contributed by atoms with Crippen LogP contribution in [-0.4, -0.2) is 17.4 Å². The Morgan fingerprint density at radius 3 is 2.89 bits per heavy atom. The number of non-ortho nitro benzene ring substituents is 1. The molecule has 5 nitrogen and oxygen atoms in total. The number of carbonyl (C=O) groups excluding carboxylic acids is 1. The van der Waals surface area contributed by atoms with Gasteiger partial charge in [-0.2, -0.15) is 0 Å². The summed E-state index contributed by atoms with van der Waals surface area (Å²) in [6.45, 7) is 0.460. The molecular weight excluding hydrogens is 347 g/mol. The highest BCUT2D eigenvalue weighted by molar-refractivity contribution is 14.1. The molecule has 94 valence electrons. The number of terminal acetylenes is 1. The Hall–Kier alpha value is -1.62. The number of benzene rings is 1. The van der Waals surface area contributed by atoms with Crippen molar-refractivity contribution in [1.82, 2.24) is 5.32 Å². The van der Waals surface area contributed by atoms with Crippen molar-refractivity contribution >= 4 is 34.2 Å². The van der Waals surface area contributed by atoms with Gasteiger partial charge in [-0.05, 0) is 35.1 Å². The number of carbonyl (C=O) groups is 1. The molecule has 0 unspecified atom stereocenters. The molecular formula is C12H11IN2O3. The maximum absolute atomic E-state index is 11.8. The third-order valence-corrected chi connectivity index (χ3v) is 3.13. The van der Waals surface area contributed by atoms with E-state index in [1.165, 1.54) is 12.1 Å². The van der Waals surface area contributed by atoms with Crippen LogP contribution in [0.25, 0.3) is 0 Å². The lowest BCUT2D eigenvalue weighted by atomic mass is 10.2. The van der Waals surface area contributed by atoms with Crippen LogP contribution in [0.15, 0.2) is 18.2 Å². The maximum atomic E-state index is 11.8. The van der Waals surface area contributed by atoms with E-state index >= 15 is 0 Å². The number of amides is 1. The monoisotopic (exact) mass is 358 g/mol. The first-order chi connectivity index (χ1) is 8.56. The van der Waals surface area contributed by atoms with Crippen molar-refractivity contribution in [2.24, 2.45) is 0 Å². The van der Waals surface area contributed by atoms with Crippen LogP contribution in [0.4, 0.5) is 5.69 Å². The first-order valence-corrected chi connectivity index (χ1v) is 6.29. The lowest BCUT2D eigenvalue weighted by Gasteiger charge is -2.05. The van der Waals surface area contributed by atoms with Crippen LogP contribution in [0.5, 0.6) is 0 Å². The third kappa shape index (κ3) is 4.00. The highest BCUT2D eigenvalue weighted by Gasteiger charge is 2.14. The van der Waals surface area contributed by atoms with Gasteiger partial charge in [0.25, 0.3) is 11.6 Å². The molecule has 0 radical (unpaired) electrons. The number of nitrogens with one attached hydrogen (secondary N) is 1. The SMILES string of the molecule is C#CCCCNC(=O)c1cc([N+](=O)[O-])ccc1I. The summed E-state index contributed by atoms with van der Waals surface area (Å²) in [5.41, 5.74) is 0.217. The molecule has 0 spiro atoms. The van der Waals surface area contributed by atoms with Gasteiger partial charge in [0.15, 0.2) is 0 Å². The largest absolute Gasteiger partial charge is 0.352 e. The zero-order valence-electron chi connectivity index (χ0n) is 9.48. The summed E-state index contributed by atoms with van der Waals surface area (Å²) < 4.78 is 0.674. The van der Waals surface area contributed by atoms with Crippen molar-refractivity contribution < 1.29 is 9.72 Å². The van der Waals surface area contributed by atoms with Gasteiger partial charge >= 0.3 is 0 Å². The van der Waals surface area contributed by atoms with Gasteiger partial charge in [-0.15, -0.1) is 12.3 Å². The fourth-order valence-corrected chi connectivity index (χ4v) is 1.87. The van der Waals surface area contributed by atoms with Gasteiger partial charge in [0, 0.05) is 28.7 Å². The standard InChI is InChI=1S/C12H11IN2O3/c1-2-3-4-7-14-12(16)10-8-9(15(17)18)5-6-11(10)13/h1,5-6,8H,3-4,7H2,(H,14,16). The summed E-state index contributed by atoms with van der Waals surface area (Å²) in [5.74, 6) is 2.16. The van der Waals surface area contributed by atoms with Crippen molar-refractivity contribution in [3.63, 3.8) is 0 Å². The Morgan fingerprint density at radius 2 is 2.28 bits per heavy atom. The molecule has 0 heterocycles. The summed E-state index contributed by atoms with van der Waals surface area (Å²) in [6.07, 6.45) is 6.37. The van der Waals surface area contributed by atoms with E-state index in [9.17, 15) is 14.9 Å². The minimum absolute atomic E-state index is 0.0933. The Labute approximate surface area is 118 Å². The second-order valence-corrected chi connectivity index (χ2v) is 4.65. The van der Waals surface area contributed by atoms with Crippen LogP contribution in [0.1, 0.15) is 23.2 Å². The molecule has 0 saturated heterocycles. The van der Waals surface area contributed by atoms with E-state index in [4.69, 9.17) is 6.42 Å². The summed E-state index contributed by atoms with van der Waals surface area (Å²) >= 11 is 1.97. The number of rotatable bonds is 5. The molecule has 6 heteroatoms. The number of nitrogens with zero attached hydrogens (tertiary/aromatic N) is 1. The predicted octanol–water partition coefficient (Wildman–Crippen LogP) is 2.34. The molecule has 1 N–H and O–H groups in total. The second-order valence-electron chi connectivity index (χ2n) is 3.48.